The number of likely N-dealkylation sites (tertiary alicyclic amines) is 1. The molecule has 0 aliphatic carbocycles. The first kappa shape index (κ1) is 9.96. The molecule has 0 spiro atoms. The van der Waals surface area contributed by atoms with Gasteiger partial charge in [-0.25, -0.2) is 0 Å². The van der Waals surface area contributed by atoms with Crippen molar-refractivity contribution in [3.8, 4) is 0 Å². The summed E-state index contributed by atoms with van der Waals surface area (Å²) in [6.45, 7) is 6.27. The Morgan fingerprint density at radius 1 is 1.50 bits per heavy atom. The Hall–Kier alpha value is -0.120. The monoisotopic (exact) mass is 173 g/mol. The molecule has 2 N–H and O–H groups in total. The fourth-order valence-electron chi connectivity index (χ4n) is 1.45. The van der Waals surface area contributed by atoms with Crippen molar-refractivity contribution in [3.05, 3.63) is 0 Å². The van der Waals surface area contributed by atoms with Gasteiger partial charge in [0.25, 0.3) is 0 Å². The maximum Gasteiger partial charge on any atom is 0.0679 e. The summed E-state index contributed by atoms with van der Waals surface area (Å²) in [7, 11) is 0. The summed E-state index contributed by atoms with van der Waals surface area (Å²) in [6, 6.07) is 0. The lowest BCUT2D eigenvalue weighted by atomic mass is 10.1. The second-order valence-corrected chi connectivity index (χ2v) is 4.31. The molecule has 72 valence electrons. The Kier molecular flexibility index (Phi) is 3.09. The normalized spacial score (nSPS) is 26.5. The summed E-state index contributed by atoms with van der Waals surface area (Å²) < 4.78 is 0. The Bertz CT molecular complexity index is 142. The summed E-state index contributed by atoms with van der Waals surface area (Å²) in [5, 5.41) is 18.7. The van der Waals surface area contributed by atoms with Crippen LogP contribution in [0.25, 0.3) is 0 Å². The van der Waals surface area contributed by atoms with Gasteiger partial charge in [-0.3, -0.25) is 0 Å². The predicted octanol–water partition coefficient (Wildman–Crippen LogP) is 0.214. The average molecular weight is 173 g/mol. The molecule has 1 atom stereocenters. The lowest BCUT2D eigenvalue weighted by Crippen LogP contribution is -2.30. The minimum Gasteiger partial charge on any atom is -0.392 e. The SMILES string of the molecule is CC(C)(O)CCN1CC[C@H](O)C1. The summed E-state index contributed by atoms with van der Waals surface area (Å²) in [6.07, 6.45) is 1.51. The molecule has 3 nitrogen and oxygen atoms in total. The van der Waals surface area contributed by atoms with Gasteiger partial charge < -0.3 is 15.1 Å². The van der Waals surface area contributed by atoms with E-state index in [1.54, 1.807) is 0 Å². The third-order valence-corrected chi connectivity index (χ3v) is 2.29. The van der Waals surface area contributed by atoms with E-state index < -0.39 is 5.60 Å². The zero-order valence-electron chi connectivity index (χ0n) is 7.95. The molecular formula is C9H19NO2. The summed E-state index contributed by atoms with van der Waals surface area (Å²) >= 11 is 0. The minimum atomic E-state index is -0.576. The smallest absolute Gasteiger partial charge is 0.0679 e. The highest BCUT2D eigenvalue weighted by Crippen LogP contribution is 2.13. The Morgan fingerprint density at radius 3 is 2.58 bits per heavy atom. The predicted molar refractivity (Wildman–Crippen MR) is 48.0 cm³/mol. The quantitative estimate of drug-likeness (QED) is 0.641. The van der Waals surface area contributed by atoms with Crippen LogP contribution in [0.15, 0.2) is 0 Å². The van der Waals surface area contributed by atoms with Gasteiger partial charge in [-0.2, -0.15) is 0 Å². The molecule has 1 saturated heterocycles. The van der Waals surface area contributed by atoms with Crippen LogP contribution >= 0.6 is 0 Å². The van der Waals surface area contributed by atoms with Crippen molar-refractivity contribution in [2.75, 3.05) is 19.6 Å². The van der Waals surface area contributed by atoms with Gasteiger partial charge in [0, 0.05) is 19.6 Å². The number of aliphatic hydroxyl groups excluding tert-OH is 1. The van der Waals surface area contributed by atoms with Gasteiger partial charge in [0.15, 0.2) is 0 Å². The number of aliphatic hydroxyl groups is 2. The van der Waals surface area contributed by atoms with Crippen LogP contribution in [-0.4, -0.2) is 46.5 Å². The standard InChI is InChI=1S/C9H19NO2/c1-9(2,12)4-6-10-5-3-8(11)7-10/h8,11-12H,3-7H2,1-2H3/t8-/m0/s1. The average Bonchev–Trinajstić information content (AvgIpc) is 2.30. The number of nitrogens with zero attached hydrogens (tertiary/aromatic N) is 1. The first-order chi connectivity index (χ1) is 5.47. The van der Waals surface area contributed by atoms with Crippen LogP contribution < -0.4 is 0 Å². The molecule has 0 aromatic heterocycles. The fourth-order valence-corrected chi connectivity index (χ4v) is 1.45. The number of rotatable bonds is 3. The summed E-state index contributed by atoms with van der Waals surface area (Å²) in [4.78, 5) is 2.20. The minimum absolute atomic E-state index is 0.146. The third-order valence-electron chi connectivity index (χ3n) is 2.29. The van der Waals surface area contributed by atoms with Crippen LogP contribution in [0.2, 0.25) is 0 Å². The molecule has 1 aliphatic rings. The fraction of sp³-hybridized carbons (Fsp3) is 1.00. The van der Waals surface area contributed by atoms with E-state index in [9.17, 15) is 10.2 Å². The Morgan fingerprint density at radius 2 is 2.17 bits per heavy atom. The Labute approximate surface area is 74.0 Å². The molecule has 1 heterocycles. The van der Waals surface area contributed by atoms with Crippen molar-refractivity contribution in [1.82, 2.24) is 4.90 Å². The molecule has 0 aromatic rings. The van der Waals surface area contributed by atoms with E-state index in [1.807, 2.05) is 13.8 Å². The second-order valence-electron chi connectivity index (χ2n) is 4.31. The van der Waals surface area contributed by atoms with Crippen molar-refractivity contribution < 1.29 is 10.2 Å². The molecule has 1 aliphatic heterocycles. The first-order valence-electron chi connectivity index (χ1n) is 4.60. The van der Waals surface area contributed by atoms with E-state index >= 15 is 0 Å². The summed E-state index contributed by atoms with van der Waals surface area (Å²) in [5.41, 5.74) is -0.576. The lowest BCUT2D eigenvalue weighted by molar-refractivity contribution is 0.0586. The van der Waals surface area contributed by atoms with Gasteiger partial charge in [0.05, 0.1) is 11.7 Å². The highest BCUT2D eigenvalue weighted by molar-refractivity contribution is 4.76. The van der Waals surface area contributed by atoms with Crippen LogP contribution in [0.1, 0.15) is 26.7 Å². The third kappa shape index (κ3) is 3.52. The van der Waals surface area contributed by atoms with E-state index in [0.29, 0.717) is 0 Å². The zero-order chi connectivity index (χ0) is 9.19. The molecule has 1 rings (SSSR count). The molecule has 0 radical (unpaired) electrons. The molecule has 1 fully saturated rings. The highest BCUT2D eigenvalue weighted by atomic mass is 16.3. The van der Waals surface area contributed by atoms with Gasteiger partial charge in [-0.15, -0.1) is 0 Å². The maximum atomic E-state index is 9.45. The molecular weight excluding hydrogens is 154 g/mol. The van der Waals surface area contributed by atoms with Crippen LogP contribution in [0.5, 0.6) is 0 Å². The zero-order valence-corrected chi connectivity index (χ0v) is 7.95. The number of hydrogen-bond acceptors (Lipinski definition) is 3. The van der Waals surface area contributed by atoms with Gasteiger partial charge in [-0.1, -0.05) is 0 Å². The van der Waals surface area contributed by atoms with Crippen molar-refractivity contribution in [1.29, 1.82) is 0 Å². The van der Waals surface area contributed by atoms with Crippen molar-refractivity contribution in [3.63, 3.8) is 0 Å². The first-order valence-corrected chi connectivity index (χ1v) is 4.60. The van der Waals surface area contributed by atoms with Crippen LogP contribution in [0.3, 0.4) is 0 Å². The molecule has 0 saturated carbocycles. The number of β-amino-alcohol motifs (C(OH)–C–C–N with tert-alkyl or cyclic N) is 1. The number of hydrogen-bond donors (Lipinski definition) is 2. The molecule has 3 heteroatoms. The molecule has 0 bridgehead atoms. The largest absolute Gasteiger partial charge is 0.392 e. The van der Waals surface area contributed by atoms with E-state index in [2.05, 4.69) is 4.90 Å². The van der Waals surface area contributed by atoms with E-state index in [4.69, 9.17) is 0 Å². The van der Waals surface area contributed by atoms with E-state index in [-0.39, 0.29) is 6.10 Å². The van der Waals surface area contributed by atoms with E-state index in [0.717, 1.165) is 32.5 Å². The van der Waals surface area contributed by atoms with Gasteiger partial charge in [-0.05, 0) is 26.7 Å². The Balaban J connectivity index is 2.16. The van der Waals surface area contributed by atoms with Gasteiger partial charge in [0.1, 0.15) is 0 Å². The van der Waals surface area contributed by atoms with Crippen molar-refractivity contribution in [2.45, 2.75) is 38.4 Å². The van der Waals surface area contributed by atoms with Crippen LogP contribution in [0, 0.1) is 0 Å². The van der Waals surface area contributed by atoms with Gasteiger partial charge in [0.2, 0.25) is 0 Å². The van der Waals surface area contributed by atoms with Crippen LogP contribution in [0.4, 0.5) is 0 Å². The topological polar surface area (TPSA) is 43.7 Å². The van der Waals surface area contributed by atoms with E-state index in [1.165, 1.54) is 0 Å². The lowest BCUT2D eigenvalue weighted by Gasteiger charge is -2.21. The molecule has 12 heavy (non-hydrogen) atoms. The second kappa shape index (κ2) is 3.73. The van der Waals surface area contributed by atoms with Gasteiger partial charge >= 0.3 is 0 Å². The summed E-state index contributed by atoms with van der Waals surface area (Å²) in [5.74, 6) is 0. The van der Waals surface area contributed by atoms with Crippen molar-refractivity contribution >= 4 is 0 Å². The molecule has 0 amide bonds. The maximum absolute atomic E-state index is 9.45. The van der Waals surface area contributed by atoms with Crippen molar-refractivity contribution in [2.24, 2.45) is 0 Å². The highest BCUT2D eigenvalue weighted by Gasteiger charge is 2.22. The molecule has 0 aromatic carbocycles. The molecule has 0 unspecified atom stereocenters. The van der Waals surface area contributed by atoms with Crippen LogP contribution in [-0.2, 0) is 0 Å².